The van der Waals surface area contributed by atoms with E-state index in [0.29, 0.717) is 13.2 Å². The molecule has 14 heavy (non-hydrogen) atoms. The van der Waals surface area contributed by atoms with Gasteiger partial charge in [0.15, 0.2) is 0 Å². The summed E-state index contributed by atoms with van der Waals surface area (Å²) in [5.41, 5.74) is 1.17. The fourth-order valence-corrected chi connectivity index (χ4v) is 2.57. The van der Waals surface area contributed by atoms with Crippen LogP contribution in [0.5, 0.6) is 0 Å². The number of ether oxygens (including phenoxy) is 1. The third-order valence-electron chi connectivity index (χ3n) is 2.40. The Morgan fingerprint density at radius 1 is 1.57 bits per heavy atom. The summed E-state index contributed by atoms with van der Waals surface area (Å²) < 4.78 is 10.5. The molecule has 1 aromatic heterocycles. The highest BCUT2D eigenvalue weighted by molar-refractivity contribution is 7.99. The lowest BCUT2D eigenvalue weighted by Gasteiger charge is -2.10. The first-order valence-corrected chi connectivity index (χ1v) is 5.72. The van der Waals surface area contributed by atoms with Crippen LogP contribution in [0.1, 0.15) is 11.3 Å². The molecule has 3 nitrogen and oxygen atoms in total. The normalized spacial score (nSPS) is 27.0. The van der Waals surface area contributed by atoms with Crippen molar-refractivity contribution in [1.29, 1.82) is 0 Å². The van der Waals surface area contributed by atoms with Crippen molar-refractivity contribution < 1.29 is 14.3 Å². The van der Waals surface area contributed by atoms with Gasteiger partial charge in [-0.1, -0.05) is 0 Å². The molecule has 0 amide bonds. The first-order valence-electron chi connectivity index (χ1n) is 4.68. The Labute approximate surface area is 87.4 Å². The predicted octanol–water partition coefficient (Wildman–Crippen LogP) is 1.58. The summed E-state index contributed by atoms with van der Waals surface area (Å²) in [5, 5.41) is 9.70. The molecular weight excluding hydrogens is 200 g/mol. The van der Waals surface area contributed by atoms with Crippen LogP contribution in [0.3, 0.4) is 0 Å². The van der Waals surface area contributed by atoms with Gasteiger partial charge in [0.2, 0.25) is 0 Å². The summed E-state index contributed by atoms with van der Waals surface area (Å²) in [7, 11) is 0. The highest BCUT2D eigenvalue weighted by Gasteiger charge is 2.26. The summed E-state index contributed by atoms with van der Waals surface area (Å²) in [6, 6.07) is 1.96. The van der Waals surface area contributed by atoms with Gasteiger partial charge in [0, 0.05) is 0 Å². The average Bonchev–Trinajstić information content (AvgIpc) is 2.72. The minimum atomic E-state index is -0.324. The van der Waals surface area contributed by atoms with Crippen molar-refractivity contribution in [3.63, 3.8) is 0 Å². The number of thioether (sulfide) groups is 1. The monoisotopic (exact) mass is 214 g/mol. The number of hydrogen-bond acceptors (Lipinski definition) is 4. The molecule has 2 atom stereocenters. The SMILES string of the molecule is Cc1ccoc1CSC1COCC1O. The fourth-order valence-electron chi connectivity index (χ4n) is 1.42. The largest absolute Gasteiger partial charge is 0.468 e. The molecule has 2 rings (SSSR count). The fraction of sp³-hybridized carbons (Fsp3) is 0.600. The van der Waals surface area contributed by atoms with Crippen molar-refractivity contribution >= 4 is 11.8 Å². The number of aliphatic hydroxyl groups is 1. The topological polar surface area (TPSA) is 42.6 Å². The second kappa shape index (κ2) is 4.38. The summed E-state index contributed by atoms with van der Waals surface area (Å²) in [5.74, 6) is 1.80. The van der Waals surface area contributed by atoms with Gasteiger partial charge in [0.1, 0.15) is 5.76 Å². The van der Waals surface area contributed by atoms with E-state index in [4.69, 9.17) is 9.15 Å². The van der Waals surface area contributed by atoms with Crippen LogP contribution in [0.4, 0.5) is 0 Å². The van der Waals surface area contributed by atoms with Crippen LogP contribution in [0.15, 0.2) is 16.7 Å². The van der Waals surface area contributed by atoms with Crippen LogP contribution < -0.4 is 0 Å². The second-order valence-electron chi connectivity index (χ2n) is 3.48. The van der Waals surface area contributed by atoms with Gasteiger partial charge in [0.25, 0.3) is 0 Å². The quantitative estimate of drug-likeness (QED) is 0.829. The highest BCUT2D eigenvalue weighted by Crippen LogP contribution is 2.26. The molecule has 0 radical (unpaired) electrons. The standard InChI is InChI=1S/C10H14O3S/c1-7-2-3-13-9(7)6-14-10-5-12-4-8(10)11/h2-3,8,10-11H,4-6H2,1H3. The van der Waals surface area contributed by atoms with Gasteiger partial charge in [-0.15, -0.1) is 11.8 Å². The number of aliphatic hydroxyl groups excluding tert-OH is 1. The van der Waals surface area contributed by atoms with E-state index >= 15 is 0 Å². The van der Waals surface area contributed by atoms with Gasteiger partial charge in [-0.25, -0.2) is 0 Å². The summed E-state index contributed by atoms with van der Waals surface area (Å²) in [6.07, 6.45) is 1.38. The molecule has 0 spiro atoms. The van der Waals surface area contributed by atoms with Gasteiger partial charge in [-0.3, -0.25) is 0 Å². The second-order valence-corrected chi connectivity index (χ2v) is 4.71. The van der Waals surface area contributed by atoms with E-state index in [1.165, 1.54) is 5.56 Å². The molecule has 2 unspecified atom stereocenters. The minimum Gasteiger partial charge on any atom is -0.468 e. The first-order chi connectivity index (χ1) is 6.77. The maximum absolute atomic E-state index is 9.51. The number of hydrogen-bond donors (Lipinski definition) is 1. The zero-order valence-corrected chi connectivity index (χ0v) is 8.92. The molecule has 1 aliphatic rings. The van der Waals surface area contributed by atoms with Crippen LogP contribution in [-0.4, -0.2) is 29.7 Å². The van der Waals surface area contributed by atoms with Crippen molar-refractivity contribution in [3.05, 3.63) is 23.7 Å². The van der Waals surface area contributed by atoms with Crippen molar-refractivity contribution in [1.82, 2.24) is 0 Å². The smallest absolute Gasteiger partial charge is 0.116 e. The van der Waals surface area contributed by atoms with Crippen molar-refractivity contribution in [3.8, 4) is 0 Å². The Balaban J connectivity index is 1.85. The maximum Gasteiger partial charge on any atom is 0.116 e. The lowest BCUT2D eigenvalue weighted by atomic mass is 10.3. The van der Waals surface area contributed by atoms with Crippen molar-refractivity contribution in [2.24, 2.45) is 0 Å². The predicted molar refractivity (Wildman–Crippen MR) is 55.4 cm³/mol. The van der Waals surface area contributed by atoms with Crippen molar-refractivity contribution in [2.75, 3.05) is 13.2 Å². The average molecular weight is 214 g/mol. The number of furan rings is 1. The zero-order chi connectivity index (χ0) is 9.97. The third kappa shape index (κ3) is 2.13. The molecule has 4 heteroatoms. The summed E-state index contributed by atoms with van der Waals surface area (Å²) in [4.78, 5) is 0. The van der Waals surface area contributed by atoms with Crippen molar-refractivity contribution in [2.45, 2.75) is 24.0 Å². The molecule has 1 aliphatic heterocycles. The van der Waals surface area contributed by atoms with Crippen LogP contribution in [0.25, 0.3) is 0 Å². The molecule has 0 aromatic carbocycles. The molecule has 1 aromatic rings. The Bertz CT molecular complexity index is 297. The van der Waals surface area contributed by atoms with Crippen LogP contribution in [0.2, 0.25) is 0 Å². The molecule has 2 heterocycles. The number of rotatable bonds is 3. The van der Waals surface area contributed by atoms with E-state index in [9.17, 15) is 5.11 Å². The van der Waals surface area contributed by atoms with Gasteiger partial charge in [-0.2, -0.15) is 0 Å². The van der Waals surface area contributed by atoms with E-state index in [1.54, 1.807) is 18.0 Å². The summed E-state index contributed by atoms with van der Waals surface area (Å²) >= 11 is 1.70. The molecule has 0 saturated carbocycles. The van der Waals surface area contributed by atoms with Gasteiger partial charge >= 0.3 is 0 Å². The molecule has 0 aliphatic carbocycles. The number of aryl methyl sites for hydroxylation is 1. The van der Waals surface area contributed by atoms with Gasteiger partial charge < -0.3 is 14.3 Å². The Kier molecular flexibility index (Phi) is 3.15. The maximum atomic E-state index is 9.51. The first kappa shape index (κ1) is 10.1. The molecule has 78 valence electrons. The van der Waals surface area contributed by atoms with Crippen LogP contribution in [0, 0.1) is 6.92 Å². The van der Waals surface area contributed by atoms with Gasteiger partial charge in [-0.05, 0) is 18.6 Å². The Morgan fingerprint density at radius 2 is 2.43 bits per heavy atom. The third-order valence-corrected chi connectivity index (χ3v) is 3.70. The summed E-state index contributed by atoms with van der Waals surface area (Å²) in [6.45, 7) is 3.14. The molecule has 1 N–H and O–H groups in total. The van der Waals surface area contributed by atoms with E-state index in [1.807, 2.05) is 13.0 Å². The lowest BCUT2D eigenvalue weighted by Crippen LogP contribution is -2.20. The van der Waals surface area contributed by atoms with Crippen LogP contribution in [-0.2, 0) is 10.5 Å². The Morgan fingerprint density at radius 3 is 3.00 bits per heavy atom. The van der Waals surface area contributed by atoms with Gasteiger partial charge in [0.05, 0.1) is 36.6 Å². The van der Waals surface area contributed by atoms with Crippen LogP contribution >= 0.6 is 11.8 Å². The lowest BCUT2D eigenvalue weighted by molar-refractivity contribution is 0.127. The zero-order valence-electron chi connectivity index (χ0n) is 8.10. The van der Waals surface area contributed by atoms with E-state index in [-0.39, 0.29) is 11.4 Å². The molecule has 0 bridgehead atoms. The highest BCUT2D eigenvalue weighted by atomic mass is 32.2. The van der Waals surface area contributed by atoms with E-state index in [0.717, 1.165) is 11.5 Å². The molecule has 1 fully saturated rings. The molecule has 1 saturated heterocycles. The Hall–Kier alpha value is -0.450. The minimum absolute atomic E-state index is 0.194. The van der Waals surface area contributed by atoms with E-state index in [2.05, 4.69) is 0 Å². The van der Waals surface area contributed by atoms with E-state index < -0.39 is 0 Å². The molecular formula is C10H14O3S.